The fourth-order valence-electron chi connectivity index (χ4n) is 3.32. The molecule has 132 valence electrons. The van der Waals surface area contributed by atoms with Crippen LogP contribution in [0.15, 0.2) is 57.0 Å². The predicted molar refractivity (Wildman–Crippen MR) is 99.0 cm³/mol. The highest BCUT2D eigenvalue weighted by Gasteiger charge is 2.34. The number of nitrogens with zero attached hydrogens (tertiary/aromatic N) is 2. The Balaban J connectivity index is 1.79. The van der Waals surface area contributed by atoms with E-state index in [0.29, 0.717) is 29.9 Å². The molecule has 2 aromatic heterocycles. The van der Waals surface area contributed by atoms with Gasteiger partial charge in [0.25, 0.3) is 5.56 Å². The van der Waals surface area contributed by atoms with Gasteiger partial charge in [-0.15, -0.1) is 0 Å². The molecule has 1 amide bonds. The first kappa shape index (κ1) is 16.3. The maximum atomic E-state index is 12.7. The smallest absolute Gasteiger partial charge is 0.253 e. The van der Waals surface area contributed by atoms with Gasteiger partial charge in [0.1, 0.15) is 11.5 Å². The van der Waals surface area contributed by atoms with E-state index in [1.165, 1.54) is 5.01 Å². The second-order valence-corrected chi connectivity index (χ2v) is 6.48. The molecule has 26 heavy (non-hydrogen) atoms. The summed E-state index contributed by atoms with van der Waals surface area (Å²) >= 11 is 0. The van der Waals surface area contributed by atoms with Crippen molar-refractivity contribution >= 4 is 22.5 Å². The van der Waals surface area contributed by atoms with Crippen LogP contribution < -0.4 is 5.56 Å². The first-order valence-electron chi connectivity index (χ1n) is 8.64. The van der Waals surface area contributed by atoms with Crippen LogP contribution in [0.4, 0.5) is 0 Å². The predicted octanol–water partition coefficient (Wildman–Crippen LogP) is 3.52. The second kappa shape index (κ2) is 6.29. The van der Waals surface area contributed by atoms with Crippen LogP contribution in [0.5, 0.6) is 0 Å². The van der Waals surface area contributed by atoms with Crippen molar-refractivity contribution in [3.8, 4) is 0 Å². The molecule has 0 bridgehead atoms. The third kappa shape index (κ3) is 2.73. The van der Waals surface area contributed by atoms with Gasteiger partial charge < -0.3 is 9.40 Å². The lowest BCUT2D eigenvalue weighted by atomic mass is 10.00. The number of H-pyrrole nitrogens is 1. The van der Waals surface area contributed by atoms with Crippen molar-refractivity contribution in [2.24, 2.45) is 5.10 Å². The summed E-state index contributed by atoms with van der Waals surface area (Å²) < 4.78 is 5.42. The van der Waals surface area contributed by atoms with E-state index < -0.39 is 6.04 Å². The molecule has 6 heteroatoms. The standard InChI is InChI=1S/C20H19N3O3/c1-3-19(24)23-17(11-16(22-23)18-5-4-8-26-18)14-10-13-7-6-12(2)9-15(13)21-20(14)25/h4-10,17H,3,11H2,1-2H3,(H,21,25)/t17-/m1/s1. The average Bonchev–Trinajstić information content (AvgIpc) is 3.30. The molecule has 0 saturated carbocycles. The van der Waals surface area contributed by atoms with Gasteiger partial charge in [-0.3, -0.25) is 9.59 Å². The number of hydrogen-bond donors (Lipinski definition) is 1. The van der Waals surface area contributed by atoms with Crippen molar-refractivity contribution < 1.29 is 9.21 Å². The zero-order valence-electron chi connectivity index (χ0n) is 14.7. The topological polar surface area (TPSA) is 78.7 Å². The first-order valence-corrected chi connectivity index (χ1v) is 8.64. The van der Waals surface area contributed by atoms with Gasteiger partial charge in [-0.1, -0.05) is 19.1 Å². The fourth-order valence-corrected chi connectivity index (χ4v) is 3.32. The van der Waals surface area contributed by atoms with E-state index in [0.717, 1.165) is 16.5 Å². The lowest BCUT2D eigenvalue weighted by Crippen LogP contribution is -2.30. The molecule has 0 radical (unpaired) electrons. The molecule has 3 heterocycles. The van der Waals surface area contributed by atoms with Gasteiger partial charge >= 0.3 is 0 Å². The molecule has 3 aromatic rings. The molecule has 1 aliphatic rings. The molecule has 6 nitrogen and oxygen atoms in total. The summed E-state index contributed by atoms with van der Waals surface area (Å²) in [7, 11) is 0. The SMILES string of the molecule is CCC(=O)N1N=C(c2ccco2)C[C@@H]1c1cc2ccc(C)cc2[nH]c1=O. The van der Waals surface area contributed by atoms with Crippen molar-refractivity contribution in [1.29, 1.82) is 0 Å². The van der Waals surface area contributed by atoms with Crippen molar-refractivity contribution in [2.45, 2.75) is 32.7 Å². The van der Waals surface area contributed by atoms with Crippen LogP contribution in [0.25, 0.3) is 10.9 Å². The van der Waals surface area contributed by atoms with Gasteiger partial charge in [0.05, 0.1) is 12.3 Å². The molecule has 1 aliphatic heterocycles. The Morgan fingerprint density at radius 1 is 1.35 bits per heavy atom. The number of hydrogen-bond acceptors (Lipinski definition) is 4. The highest BCUT2D eigenvalue weighted by molar-refractivity contribution is 6.01. The fraction of sp³-hybridized carbons (Fsp3) is 0.250. The number of aryl methyl sites for hydroxylation is 1. The molecular weight excluding hydrogens is 330 g/mol. The Labute approximate surface area is 150 Å². The summed E-state index contributed by atoms with van der Waals surface area (Å²) in [5.41, 5.74) is 2.88. The van der Waals surface area contributed by atoms with Crippen LogP contribution in [-0.2, 0) is 4.79 Å². The van der Waals surface area contributed by atoms with E-state index in [1.54, 1.807) is 19.3 Å². The third-order valence-electron chi connectivity index (χ3n) is 4.66. The van der Waals surface area contributed by atoms with Crippen LogP contribution >= 0.6 is 0 Å². The van der Waals surface area contributed by atoms with Gasteiger partial charge in [-0.25, -0.2) is 5.01 Å². The summed E-state index contributed by atoms with van der Waals surface area (Å²) in [6.45, 7) is 3.76. The summed E-state index contributed by atoms with van der Waals surface area (Å²) in [5.74, 6) is 0.495. The summed E-state index contributed by atoms with van der Waals surface area (Å²) in [6.07, 6.45) is 2.33. The number of aromatic amines is 1. The number of aromatic nitrogens is 1. The summed E-state index contributed by atoms with van der Waals surface area (Å²) in [4.78, 5) is 28.1. The molecule has 0 unspecified atom stereocenters. The van der Waals surface area contributed by atoms with Crippen LogP contribution in [0.3, 0.4) is 0 Å². The molecule has 0 aliphatic carbocycles. The Kier molecular flexibility index (Phi) is 3.95. The van der Waals surface area contributed by atoms with E-state index in [2.05, 4.69) is 10.1 Å². The van der Waals surface area contributed by atoms with Crippen molar-refractivity contribution in [1.82, 2.24) is 9.99 Å². The number of carbonyl (C=O) groups excluding carboxylic acids is 1. The second-order valence-electron chi connectivity index (χ2n) is 6.48. The first-order chi connectivity index (χ1) is 12.6. The lowest BCUT2D eigenvalue weighted by Gasteiger charge is -2.21. The maximum absolute atomic E-state index is 12.7. The van der Waals surface area contributed by atoms with Gasteiger partial charge in [-0.05, 0) is 42.1 Å². The monoisotopic (exact) mass is 349 g/mol. The van der Waals surface area contributed by atoms with Crippen molar-refractivity contribution in [2.75, 3.05) is 0 Å². The number of furan rings is 1. The van der Waals surface area contributed by atoms with Gasteiger partial charge in [0.2, 0.25) is 5.91 Å². The Morgan fingerprint density at radius 2 is 2.19 bits per heavy atom. The maximum Gasteiger partial charge on any atom is 0.253 e. The van der Waals surface area contributed by atoms with E-state index in [1.807, 2.05) is 37.3 Å². The highest BCUT2D eigenvalue weighted by atomic mass is 16.3. The van der Waals surface area contributed by atoms with Crippen LogP contribution in [-0.4, -0.2) is 21.6 Å². The van der Waals surface area contributed by atoms with E-state index >= 15 is 0 Å². The molecule has 1 N–H and O–H groups in total. The van der Waals surface area contributed by atoms with E-state index in [-0.39, 0.29) is 11.5 Å². The van der Waals surface area contributed by atoms with Gasteiger partial charge in [-0.2, -0.15) is 5.10 Å². The Morgan fingerprint density at radius 3 is 2.92 bits per heavy atom. The quantitative estimate of drug-likeness (QED) is 0.786. The zero-order valence-corrected chi connectivity index (χ0v) is 14.7. The Hall–Kier alpha value is -3.15. The highest BCUT2D eigenvalue weighted by Crippen LogP contribution is 2.32. The number of pyridine rings is 1. The third-order valence-corrected chi connectivity index (χ3v) is 4.66. The number of nitrogens with one attached hydrogen (secondary N) is 1. The minimum atomic E-state index is -0.433. The Bertz CT molecular complexity index is 1060. The molecule has 0 spiro atoms. The van der Waals surface area contributed by atoms with Crippen molar-refractivity contribution in [3.63, 3.8) is 0 Å². The molecule has 4 rings (SSSR count). The number of rotatable bonds is 3. The zero-order chi connectivity index (χ0) is 18.3. The van der Waals surface area contributed by atoms with Gasteiger partial charge in [0, 0.05) is 23.9 Å². The number of amides is 1. The van der Waals surface area contributed by atoms with E-state index in [4.69, 9.17) is 4.42 Å². The molecule has 1 aromatic carbocycles. The molecule has 0 saturated heterocycles. The molecular formula is C20H19N3O3. The van der Waals surface area contributed by atoms with Gasteiger partial charge in [0.15, 0.2) is 0 Å². The molecule has 1 atom stereocenters. The average molecular weight is 349 g/mol. The van der Waals surface area contributed by atoms with E-state index in [9.17, 15) is 9.59 Å². The number of fused-ring (bicyclic) bond motifs is 1. The summed E-state index contributed by atoms with van der Waals surface area (Å²) in [6, 6.07) is 10.9. The van der Waals surface area contributed by atoms with Crippen LogP contribution in [0, 0.1) is 6.92 Å². The number of hydrazone groups is 1. The number of carbonyl (C=O) groups is 1. The van der Waals surface area contributed by atoms with Crippen LogP contribution in [0.1, 0.15) is 42.7 Å². The largest absolute Gasteiger partial charge is 0.463 e. The summed E-state index contributed by atoms with van der Waals surface area (Å²) in [5, 5.41) is 6.80. The molecule has 0 fully saturated rings. The van der Waals surface area contributed by atoms with Crippen LogP contribution in [0.2, 0.25) is 0 Å². The van der Waals surface area contributed by atoms with Crippen molar-refractivity contribution in [3.05, 3.63) is 69.9 Å². The number of benzene rings is 1. The normalized spacial score (nSPS) is 16.9. The minimum Gasteiger partial charge on any atom is -0.463 e. The lowest BCUT2D eigenvalue weighted by molar-refractivity contribution is -0.132. The minimum absolute atomic E-state index is 0.125.